The Morgan fingerprint density at radius 2 is 0.690 bits per heavy atom. The quantitative estimate of drug-likeness (QED) is 0.324. The van der Waals surface area contributed by atoms with Gasteiger partial charge in [0.1, 0.15) is 0 Å². The van der Waals surface area contributed by atoms with Crippen molar-refractivity contribution in [1.29, 1.82) is 0 Å². The van der Waals surface area contributed by atoms with E-state index in [1.54, 1.807) is 0 Å². The van der Waals surface area contributed by atoms with Crippen molar-refractivity contribution in [2.75, 3.05) is 0 Å². The van der Waals surface area contributed by atoms with E-state index in [1.165, 1.54) is 43.2 Å². The largest absolute Gasteiger partial charge is 0.0901 e. The molecule has 0 amide bonds. The minimum absolute atomic E-state index is 0.985. The van der Waals surface area contributed by atoms with E-state index >= 15 is 0 Å². The van der Waals surface area contributed by atoms with Crippen LogP contribution in [0.1, 0.15) is 33.4 Å². The Bertz CT molecular complexity index is 952. The summed E-state index contributed by atoms with van der Waals surface area (Å²) in [6, 6.07) is 35.5. The molecule has 0 unspecified atom stereocenters. The minimum Gasteiger partial charge on any atom is -0.0901 e. The topological polar surface area (TPSA) is 0 Å². The average molecular weight is 395 g/mol. The summed E-state index contributed by atoms with van der Waals surface area (Å²) < 4.78 is 0. The van der Waals surface area contributed by atoms with E-state index in [9.17, 15) is 0 Å². The second kappa shape index (κ2) is 9.15. The third-order valence-corrected chi connectivity index (χ3v) is 6.16. The van der Waals surface area contributed by atoms with Crippen LogP contribution in [0.2, 0.25) is 0 Å². The van der Waals surface area contributed by atoms with Crippen molar-refractivity contribution in [2.24, 2.45) is 0 Å². The molecule has 0 saturated heterocycles. The highest BCUT2D eigenvalue weighted by molar-refractivity contribution is 7.99. The Balaban J connectivity index is 1.36. The third-order valence-electron chi connectivity index (χ3n) is 5.14. The lowest BCUT2D eigenvalue weighted by Gasteiger charge is -2.07. The first-order valence-corrected chi connectivity index (χ1v) is 10.9. The van der Waals surface area contributed by atoms with Gasteiger partial charge in [0.15, 0.2) is 0 Å². The molecule has 0 aliphatic heterocycles. The fourth-order valence-electron chi connectivity index (χ4n) is 3.37. The Hall–Kier alpha value is -2.77. The molecular formula is C28H26S. The van der Waals surface area contributed by atoms with Gasteiger partial charge in [0, 0.05) is 9.79 Å². The lowest BCUT2D eigenvalue weighted by atomic mass is 10.0. The first-order chi connectivity index (χ1) is 14.1. The summed E-state index contributed by atoms with van der Waals surface area (Å²) in [7, 11) is 0. The van der Waals surface area contributed by atoms with Crippen LogP contribution in [0.4, 0.5) is 0 Å². The van der Waals surface area contributed by atoms with Gasteiger partial charge < -0.3 is 0 Å². The number of hydrogen-bond donors (Lipinski definition) is 0. The summed E-state index contributed by atoms with van der Waals surface area (Å²) >= 11 is 1.82. The molecular weight excluding hydrogens is 368 g/mol. The van der Waals surface area contributed by atoms with Gasteiger partial charge in [-0.05, 0) is 73.2 Å². The number of rotatable bonds is 6. The molecule has 4 aromatic carbocycles. The van der Waals surface area contributed by atoms with Crippen LogP contribution in [0, 0.1) is 13.8 Å². The molecule has 0 bridgehead atoms. The van der Waals surface area contributed by atoms with E-state index in [1.807, 2.05) is 11.8 Å². The molecule has 1 heteroatoms. The highest BCUT2D eigenvalue weighted by Crippen LogP contribution is 2.28. The molecule has 0 aromatic heterocycles. The Labute approximate surface area is 178 Å². The van der Waals surface area contributed by atoms with Crippen LogP contribution in [0.3, 0.4) is 0 Å². The molecule has 4 rings (SSSR count). The molecule has 0 saturated carbocycles. The van der Waals surface area contributed by atoms with Crippen LogP contribution in [0.5, 0.6) is 0 Å². The lowest BCUT2D eigenvalue weighted by Crippen LogP contribution is -1.89. The Morgan fingerprint density at radius 3 is 1.00 bits per heavy atom. The van der Waals surface area contributed by atoms with Crippen LogP contribution < -0.4 is 0 Å². The fourth-order valence-corrected chi connectivity index (χ4v) is 4.19. The van der Waals surface area contributed by atoms with E-state index in [4.69, 9.17) is 0 Å². The zero-order chi connectivity index (χ0) is 20.1. The van der Waals surface area contributed by atoms with Gasteiger partial charge in [-0.2, -0.15) is 0 Å². The van der Waals surface area contributed by atoms with Crippen molar-refractivity contribution in [1.82, 2.24) is 0 Å². The van der Waals surface area contributed by atoms with Crippen molar-refractivity contribution in [3.8, 4) is 0 Å². The lowest BCUT2D eigenvalue weighted by molar-refractivity contribution is 1.17. The Morgan fingerprint density at radius 1 is 0.414 bits per heavy atom. The number of aryl methyl sites for hydroxylation is 2. The van der Waals surface area contributed by atoms with E-state index in [0.29, 0.717) is 0 Å². The molecule has 0 aliphatic rings. The van der Waals surface area contributed by atoms with Crippen molar-refractivity contribution in [2.45, 2.75) is 36.5 Å². The summed E-state index contributed by atoms with van der Waals surface area (Å²) in [6.07, 6.45) is 1.97. The SMILES string of the molecule is Cc1ccc(Cc2ccc(Sc3ccc(Cc4ccc(C)cc4)cc3)cc2)cc1. The highest BCUT2D eigenvalue weighted by Gasteiger charge is 2.02. The minimum atomic E-state index is 0.985. The molecule has 144 valence electrons. The molecule has 0 atom stereocenters. The number of benzene rings is 4. The summed E-state index contributed by atoms with van der Waals surface area (Å²) in [4.78, 5) is 2.56. The van der Waals surface area contributed by atoms with Gasteiger partial charge in [-0.25, -0.2) is 0 Å². The number of hydrogen-bond acceptors (Lipinski definition) is 1. The molecule has 0 fully saturated rings. The molecule has 0 radical (unpaired) electrons. The highest BCUT2D eigenvalue weighted by atomic mass is 32.2. The summed E-state index contributed by atoms with van der Waals surface area (Å²) in [5.74, 6) is 0. The van der Waals surface area contributed by atoms with E-state index in [-0.39, 0.29) is 0 Å². The van der Waals surface area contributed by atoms with Crippen LogP contribution in [-0.4, -0.2) is 0 Å². The maximum absolute atomic E-state index is 2.24. The predicted molar refractivity (Wildman–Crippen MR) is 125 cm³/mol. The van der Waals surface area contributed by atoms with Gasteiger partial charge >= 0.3 is 0 Å². The monoisotopic (exact) mass is 394 g/mol. The second-order valence-corrected chi connectivity index (χ2v) is 8.86. The van der Waals surface area contributed by atoms with Crippen LogP contribution in [0.15, 0.2) is 107 Å². The van der Waals surface area contributed by atoms with Crippen LogP contribution in [-0.2, 0) is 12.8 Å². The van der Waals surface area contributed by atoms with Gasteiger partial charge in [-0.1, -0.05) is 95.7 Å². The van der Waals surface area contributed by atoms with E-state index in [2.05, 4.69) is 111 Å². The maximum Gasteiger partial charge on any atom is 0.0122 e. The predicted octanol–water partition coefficient (Wildman–Crippen LogP) is 7.64. The first kappa shape index (κ1) is 19.5. The summed E-state index contributed by atoms with van der Waals surface area (Å²) in [6.45, 7) is 4.26. The molecule has 0 heterocycles. The molecule has 0 spiro atoms. The van der Waals surface area contributed by atoms with Gasteiger partial charge in [0.2, 0.25) is 0 Å². The summed E-state index contributed by atoms with van der Waals surface area (Å²) in [5.41, 5.74) is 8.05. The maximum atomic E-state index is 2.24. The molecule has 0 nitrogen and oxygen atoms in total. The van der Waals surface area contributed by atoms with Crippen LogP contribution >= 0.6 is 11.8 Å². The molecule has 0 N–H and O–H groups in total. The molecule has 0 aliphatic carbocycles. The zero-order valence-corrected chi connectivity index (χ0v) is 17.9. The average Bonchev–Trinajstić information content (AvgIpc) is 2.74. The van der Waals surface area contributed by atoms with Crippen LogP contribution in [0.25, 0.3) is 0 Å². The van der Waals surface area contributed by atoms with Gasteiger partial charge in [0.25, 0.3) is 0 Å². The van der Waals surface area contributed by atoms with E-state index in [0.717, 1.165) is 12.8 Å². The van der Waals surface area contributed by atoms with Gasteiger partial charge in [-0.15, -0.1) is 0 Å². The normalized spacial score (nSPS) is 10.8. The Kier molecular flexibility index (Phi) is 6.17. The van der Waals surface area contributed by atoms with Crippen molar-refractivity contribution in [3.05, 3.63) is 130 Å². The molecule has 29 heavy (non-hydrogen) atoms. The van der Waals surface area contributed by atoms with Gasteiger partial charge in [-0.3, -0.25) is 0 Å². The summed E-state index contributed by atoms with van der Waals surface area (Å²) in [5, 5.41) is 0. The fraction of sp³-hybridized carbons (Fsp3) is 0.143. The zero-order valence-electron chi connectivity index (χ0n) is 17.1. The van der Waals surface area contributed by atoms with E-state index < -0.39 is 0 Å². The van der Waals surface area contributed by atoms with Gasteiger partial charge in [0.05, 0.1) is 0 Å². The van der Waals surface area contributed by atoms with Crippen molar-refractivity contribution in [3.63, 3.8) is 0 Å². The standard InChI is InChI=1S/C28H26S/c1-21-3-7-23(8-4-21)19-25-11-15-27(16-12-25)29-28-17-13-26(14-18-28)20-24-9-5-22(2)6-10-24/h3-18H,19-20H2,1-2H3. The smallest absolute Gasteiger partial charge is 0.0122 e. The third kappa shape index (κ3) is 5.62. The first-order valence-electron chi connectivity index (χ1n) is 10.1. The second-order valence-electron chi connectivity index (χ2n) is 7.71. The van der Waals surface area contributed by atoms with Crippen molar-refractivity contribution >= 4 is 11.8 Å². The van der Waals surface area contributed by atoms with Crippen molar-refractivity contribution < 1.29 is 0 Å². The molecule has 4 aromatic rings.